The third-order valence-corrected chi connectivity index (χ3v) is 13.7. The highest BCUT2D eigenvalue weighted by atomic mass is 19.1. The number of aromatic nitrogens is 2. The van der Waals surface area contributed by atoms with Crippen LogP contribution in [0.2, 0.25) is 0 Å². The Kier molecular flexibility index (Phi) is 20.9. The fourth-order valence-corrected chi connectivity index (χ4v) is 9.63. The van der Waals surface area contributed by atoms with Gasteiger partial charge in [0.25, 0.3) is 17.7 Å². The number of aliphatic hydroxyl groups excluding tert-OH is 1. The second-order valence-corrected chi connectivity index (χ2v) is 21.4. The number of nitrogens with zero attached hydrogens (tertiary/aromatic N) is 5. The van der Waals surface area contributed by atoms with E-state index in [4.69, 9.17) is 21.2 Å². The molecule has 9 amide bonds. The van der Waals surface area contributed by atoms with Crippen LogP contribution in [-0.2, 0) is 46.7 Å². The van der Waals surface area contributed by atoms with E-state index in [1.54, 1.807) is 57.4 Å². The largest absolute Gasteiger partial charge is 0.445 e. The molecule has 0 unspecified atom stereocenters. The second kappa shape index (κ2) is 27.3. The SMILES string of the molecule is CC(C)[C@H](NC(=O)[C@@H](CCN)N1C(=O)C=CC1=O)C(=O)N[C@@H](CCCNC(N)=O)C(=O)Nc1ccc(COC(=O)N2C[C@@H](CN(C(=O)[C@H](C)O)[C@@H](c3nc(-c4cc(F)ccc4F)cn3Cc3cccc(F)c3)C(C)(C)C)[C@@H](F)C2)cc1. The minimum absolute atomic E-state index is 0.000112. The quantitative estimate of drug-likeness (QED) is 0.0289. The highest BCUT2D eigenvalue weighted by Gasteiger charge is 2.45. The normalized spacial score (nSPS) is 17.1. The minimum atomic E-state index is -1.68. The molecule has 4 aromatic rings. The smallest absolute Gasteiger partial charge is 0.410 e. The number of amides is 9. The molecule has 2 aliphatic heterocycles. The number of imidazole rings is 1. The van der Waals surface area contributed by atoms with E-state index in [-0.39, 0.29) is 81.4 Å². The molecule has 1 fully saturated rings. The summed E-state index contributed by atoms with van der Waals surface area (Å²) in [6.45, 7) is 8.60. The number of benzene rings is 3. The number of alkyl halides is 1. The number of hydrogen-bond donors (Lipinski definition) is 7. The summed E-state index contributed by atoms with van der Waals surface area (Å²) in [6, 6.07) is 9.03. The first-order chi connectivity index (χ1) is 38.2. The van der Waals surface area contributed by atoms with Crippen molar-refractivity contribution in [1.82, 2.24) is 40.2 Å². The molecule has 0 aliphatic carbocycles. The van der Waals surface area contributed by atoms with Crippen LogP contribution in [0.25, 0.3) is 11.3 Å². The van der Waals surface area contributed by atoms with Gasteiger partial charge in [0.2, 0.25) is 17.7 Å². The molecular formula is C56H69F4N11O10. The maximum absolute atomic E-state index is 16.2. The Balaban J connectivity index is 1.12. The molecular weight excluding hydrogens is 1060 g/mol. The maximum Gasteiger partial charge on any atom is 0.410 e. The lowest BCUT2D eigenvalue weighted by atomic mass is 9.84. The van der Waals surface area contributed by atoms with Crippen LogP contribution in [0, 0.1) is 34.7 Å². The number of urea groups is 1. The average Bonchev–Trinajstić information content (AvgIpc) is 4.32. The number of carbonyl (C=O) groups excluding carboxylic acids is 8. The van der Waals surface area contributed by atoms with E-state index < -0.39 is 125 Å². The fraction of sp³-hybridized carbons (Fsp3) is 0.446. The monoisotopic (exact) mass is 1130 g/mol. The van der Waals surface area contributed by atoms with Crippen molar-refractivity contribution in [1.29, 1.82) is 0 Å². The van der Waals surface area contributed by atoms with Crippen molar-refractivity contribution in [2.75, 3.05) is 38.0 Å². The van der Waals surface area contributed by atoms with Gasteiger partial charge in [-0.05, 0) is 97.7 Å². The molecule has 1 aromatic heterocycles. The van der Waals surface area contributed by atoms with Gasteiger partial charge in [0.05, 0.1) is 18.3 Å². The van der Waals surface area contributed by atoms with Crippen molar-refractivity contribution >= 4 is 53.3 Å². The summed E-state index contributed by atoms with van der Waals surface area (Å²) < 4.78 is 67.6. The molecule has 7 atom stereocenters. The third-order valence-electron chi connectivity index (χ3n) is 13.7. The molecule has 436 valence electrons. The van der Waals surface area contributed by atoms with Gasteiger partial charge in [-0.2, -0.15) is 0 Å². The van der Waals surface area contributed by atoms with Crippen molar-refractivity contribution in [3.63, 3.8) is 0 Å². The topological polar surface area (TPSA) is 294 Å². The third kappa shape index (κ3) is 16.2. The number of likely N-dealkylation sites (tertiary alicyclic amines) is 1. The van der Waals surface area contributed by atoms with Crippen molar-refractivity contribution in [2.24, 2.45) is 28.7 Å². The summed E-state index contributed by atoms with van der Waals surface area (Å²) in [7, 11) is 0. The van der Waals surface area contributed by atoms with Crippen LogP contribution in [0.1, 0.15) is 83.8 Å². The Morgan fingerprint density at radius 3 is 2.16 bits per heavy atom. The minimum Gasteiger partial charge on any atom is -0.445 e. The van der Waals surface area contributed by atoms with E-state index >= 15 is 8.78 Å². The number of ether oxygens (including phenoxy) is 1. The predicted octanol–water partition coefficient (Wildman–Crippen LogP) is 4.57. The van der Waals surface area contributed by atoms with Crippen LogP contribution in [0.5, 0.6) is 0 Å². The van der Waals surface area contributed by atoms with Crippen molar-refractivity contribution in [3.8, 4) is 11.3 Å². The van der Waals surface area contributed by atoms with Crippen molar-refractivity contribution in [2.45, 2.75) is 110 Å². The molecule has 0 saturated carbocycles. The first kappa shape index (κ1) is 62.0. The molecule has 25 heteroatoms. The number of carbonyl (C=O) groups is 8. The van der Waals surface area contributed by atoms with Crippen LogP contribution in [0.15, 0.2) is 85.1 Å². The van der Waals surface area contributed by atoms with Gasteiger partial charge in [-0.3, -0.25) is 33.7 Å². The van der Waals surface area contributed by atoms with Gasteiger partial charge in [-0.15, -0.1) is 0 Å². The maximum atomic E-state index is 16.2. The van der Waals surface area contributed by atoms with Gasteiger partial charge in [0.1, 0.15) is 60.3 Å². The van der Waals surface area contributed by atoms with E-state index in [2.05, 4.69) is 21.3 Å². The Labute approximate surface area is 465 Å². The summed E-state index contributed by atoms with van der Waals surface area (Å²) in [4.78, 5) is 113. The Bertz CT molecular complexity index is 2970. The number of aliphatic hydroxyl groups is 1. The molecule has 81 heavy (non-hydrogen) atoms. The lowest BCUT2D eigenvalue weighted by Crippen LogP contribution is -2.58. The summed E-state index contributed by atoms with van der Waals surface area (Å²) >= 11 is 0. The highest BCUT2D eigenvalue weighted by Crippen LogP contribution is 2.41. The number of imide groups is 1. The zero-order chi connectivity index (χ0) is 59.5. The molecule has 0 radical (unpaired) electrons. The van der Waals surface area contributed by atoms with Gasteiger partial charge < -0.3 is 56.9 Å². The van der Waals surface area contributed by atoms with E-state index in [1.807, 2.05) is 0 Å². The van der Waals surface area contributed by atoms with E-state index in [0.717, 1.165) is 40.2 Å². The lowest BCUT2D eigenvalue weighted by molar-refractivity contribution is -0.146. The van der Waals surface area contributed by atoms with Gasteiger partial charge in [0, 0.05) is 61.7 Å². The number of primary amides is 1. The number of nitrogens with one attached hydrogen (secondary N) is 4. The van der Waals surface area contributed by atoms with Crippen molar-refractivity contribution < 1.29 is 65.8 Å². The van der Waals surface area contributed by atoms with Crippen molar-refractivity contribution in [3.05, 3.63) is 119 Å². The molecule has 0 bridgehead atoms. The molecule has 0 spiro atoms. The lowest BCUT2D eigenvalue weighted by Gasteiger charge is -2.41. The molecule has 3 aromatic carbocycles. The van der Waals surface area contributed by atoms with Gasteiger partial charge in [-0.1, -0.05) is 58.9 Å². The summed E-state index contributed by atoms with van der Waals surface area (Å²) in [5.41, 5.74) is 11.0. The van der Waals surface area contributed by atoms with Crippen LogP contribution in [0.3, 0.4) is 0 Å². The standard InChI is InChI=1S/C56H69F4N11O10/c1-31(2)47(67-51(76)44(20-21-61)71-45(73)18-19-46(71)74)52(77)66-42(11-8-22-63-54(62)79)50(75)64-38-15-12-33(13-16-38)30-81-55(80)69-26-35(41(60)28-69)27-70(53(78)32(3)72)48(56(4,5)6)49-65-43(39-24-37(58)14-17-40(39)59)29-68(49)25-34-9-7-10-36(57)23-34/h7,9-10,12-19,23-24,29,31-32,35,41-42,44,47-48,72H,8,11,20-22,25-28,30,61H2,1-6H3,(H,64,75)(H,66,77)(H,67,76)(H3,62,63,79)/t32-,35-,41-,42-,44+,47-,48-/m0/s1. The highest BCUT2D eigenvalue weighted by molar-refractivity contribution is 6.15. The molecule has 2 aliphatic rings. The molecule has 6 rings (SSSR count). The Morgan fingerprint density at radius 1 is 0.864 bits per heavy atom. The summed E-state index contributed by atoms with van der Waals surface area (Å²) in [6.07, 6.45) is -0.560. The predicted molar refractivity (Wildman–Crippen MR) is 288 cm³/mol. The first-order valence-electron chi connectivity index (χ1n) is 26.4. The number of rotatable bonds is 24. The van der Waals surface area contributed by atoms with E-state index in [1.165, 1.54) is 48.4 Å². The van der Waals surface area contributed by atoms with Crippen LogP contribution >= 0.6 is 0 Å². The Hall–Kier alpha value is -8.19. The van der Waals surface area contributed by atoms with E-state index in [9.17, 15) is 52.2 Å². The molecule has 3 heterocycles. The zero-order valence-electron chi connectivity index (χ0n) is 45.8. The number of hydrogen-bond acceptors (Lipinski definition) is 12. The average molecular weight is 1130 g/mol. The molecule has 21 nitrogen and oxygen atoms in total. The fourth-order valence-electron chi connectivity index (χ4n) is 9.63. The number of anilines is 1. The van der Waals surface area contributed by atoms with Crippen LogP contribution in [0.4, 0.5) is 32.8 Å². The van der Waals surface area contributed by atoms with Gasteiger partial charge >= 0.3 is 12.1 Å². The van der Waals surface area contributed by atoms with E-state index in [0.29, 0.717) is 11.1 Å². The van der Waals surface area contributed by atoms with Gasteiger partial charge in [-0.25, -0.2) is 32.1 Å². The summed E-state index contributed by atoms with van der Waals surface area (Å²) in [5.74, 6) is -7.93. The van der Waals surface area contributed by atoms with Gasteiger partial charge in [0.15, 0.2) is 0 Å². The first-order valence-corrected chi connectivity index (χ1v) is 26.4. The van der Waals surface area contributed by atoms with Crippen LogP contribution < -0.4 is 32.7 Å². The second-order valence-electron chi connectivity index (χ2n) is 21.4. The molecule has 9 N–H and O–H groups in total. The zero-order valence-corrected chi connectivity index (χ0v) is 45.8. The Morgan fingerprint density at radius 2 is 1.54 bits per heavy atom. The summed E-state index contributed by atoms with van der Waals surface area (Å²) in [5, 5.41) is 21.2. The molecule has 1 saturated heterocycles. The van der Waals surface area contributed by atoms with Crippen LogP contribution in [-0.4, -0.2) is 140 Å². The number of halogens is 4. The number of nitrogens with two attached hydrogens (primary N) is 2.